The number of carbonyl (C=O) groups is 1. The van der Waals surface area contributed by atoms with Gasteiger partial charge in [0.1, 0.15) is 17.0 Å². The number of benzene rings is 1. The van der Waals surface area contributed by atoms with Crippen molar-refractivity contribution in [1.82, 2.24) is 14.9 Å². The molecule has 1 saturated carbocycles. The van der Waals surface area contributed by atoms with Gasteiger partial charge in [-0.2, -0.15) is 0 Å². The third kappa shape index (κ3) is 3.78. The van der Waals surface area contributed by atoms with Crippen LogP contribution in [0.25, 0.3) is 10.2 Å². The summed E-state index contributed by atoms with van der Waals surface area (Å²) in [6, 6.07) is 10.4. The first kappa shape index (κ1) is 20.7. The molecule has 1 amide bonds. The van der Waals surface area contributed by atoms with E-state index in [9.17, 15) is 4.79 Å². The number of amides is 1. The van der Waals surface area contributed by atoms with Crippen LogP contribution in [0, 0.1) is 24.7 Å². The highest BCUT2D eigenvalue weighted by molar-refractivity contribution is 7.20. The van der Waals surface area contributed by atoms with Gasteiger partial charge in [0.15, 0.2) is 0 Å². The summed E-state index contributed by atoms with van der Waals surface area (Å²) in [5.41, 5.74) is 2.22. The minimum atomic E-state index is 0.118. The molecule has 3 heterocycles. The Kier molecular flexibility index (Phi) is 5.29. The van der Waals surface area contributed by atoms with E-state index in [1.807, 2.05) is 17.9 Å². The molecule has 6 nitrogen and oxygen atoms in total. The van der Waals surface area contributed by atoms with Gasteiger partial charge in [0.05, 0.1) is 10.3 Å². The van der Waals surface area contributed by atoms with Crippen LogP contribution in [0.15, 0.2) is 48.8 Å². The van der Waals surface area contributed by atoms with Crippen molar-refractivity contribution in [2.45, 2.75) is 19.8 Å². The Morgan fingerprint density at radius 2 is 1.91 bits per heavy atom. The van der Waals surface area contributed by atoms with Crippen molar-refractivity contribution in [3.05, 3.63) is 59.3 Å². The molecule has 2 aromatic heterocycles. The van der Waals surface area contributed by atoms with Gasteiger partial charge in [-0.15, -0.1) is 11.3 Å². The lowest BCUT2D eigenvalue weighted by atomic mass is 9.93. The van der Waals surface area contributed by atoms with Crippen LogP contribution in [-0.4, -0.2) is 53.5 Å². The largest absolute Gasteiger partial charge is 0.369 e. The summed E-state index contributed by atoms with van der Waals surface area (Å²) in [6.07, 6.45) is 8.96. The van der Waals surface area contributed by atoms with Crippen LogP contribution in [0.4, 0.5) is 11.5 Å². The summed E-state index contributed by atoms with van der Waals surface area (Å²) in [6.45, 7) is 6.14. The van der Waals surface area contributed by atoms with E-state index in [4.69, 9.17) is 0 Å². The average Bonchev–Trinajstić information content (AvgIpc) is 3.58. The molecule has 1 N–H and O–H groups in total. The Bertz CT molecular complexity index is 1200. The molecular formula is C26H29N5OS. The van der Waals surface area contributed by atoms with Crippen molar-refractivity contribution < 1.29 is 4.79 Å². The van der Waals surface area contributed by atoms with Crippen LogP contribution in [-0.2, 0) is 0 Å². The van der Waals surface area contributed by atoms with Crippen molar-refractivity contribution in [2.24, 2.45) is 17.8 Å². The molecule has 2 fully saturated rings. The molecule has 3 aliphatic rings. The van der Waals surface area contributed by atoms with E-state index in [2.05, 4.69) is 56.6 Å². The zero-order valence-corrected chi connectivity index (χ0v) is 19.7. The number of carbonyl (C=O) groups excluding carboxylic acids is 1. The van der Waals surface area contributed by atoms with Crippen LogP contribution in [0.5, 0.6) is 0 Å². The minimum absolute atomic E-state index is 0.118. The molecule has 33 heavy (non-hydrogen) atoms. The first-order chi connectivity index (χ1) is 16.2. The second kappa shape index (κ2) is 8.45. The van der Waals surface area contributed by atoms with E-state index in [1.165, 1.54) is 29.9 Å². The second-order valence-corrected chi connectivity index (χ2v) is 10.5. The summed E-state index contributed by atoms with van der Waals surface area (Å²) in [7, 11) is 0. The summed E-state index contributed by atoms with van der Waals surface area (Å²) >= 11 is 1.50. The zero-order chi connectivity index (χ0) is 22.4. The molecule has 0 radical (unpaired) electrons. The molecule has 0 unspecified atom stereocenters. The van der Waals surface area contributed by atoms with Crippen LogP contribution in [0.3, 0.4) is 0 Å². The summed E-state index contributed by atoms with van der Waals surface area (Å²) in [5, 5.41) is 4.61. The third-order valence-corrected chi connectivity index (χ3v) is 8.75. The Hall–Kier alpha value is -2.93. The van der Waals surface area contributed by atoms with E-state index >= 15 is 0 Å². The monoisotopic (exact) mass is 459 g/mol. The van der Waals surface area contributed by atoms with Gasteiger partial charge in [-0.1, -0.05) is 30.4 Å². The Labute approximate surface area is 198 Å². The maximum Gasteiger partial charge on any atom is 0.264 e. The quantitative estimate of drug-likeness (QED) is 0.566. The zero-order valence-electron chi connectivity index (χ0n) is 18.9. The van der Waals surface area contributed by atoms with Crippen molar-refractivity contribution in [2.75, 3.05) is 42.9 Å². The third-order valence-electron chi connectivity index (χ3n) is 7.56. The number of hydrogen-bond acceptors (Lipinski definition) is 6. The number of fused-ring (bicyclic) bond motifs is 3. The molecule has 0 spiro atoms. The standard InChI is InChI=1S/C26H29N5OS/c1-17-22-24(27-15-20-14-18-7-8-19(20)13-18)28-16-29-25(22)33-23(17)26(32)31-11-9-30(10-12-31)21-5-3-2-4-6-21/h2-8,16,18-20H,9-15H2,1H3,(H,27,28,29)/t18-,19+,20-/m1/s1. The Balaban J connectivity index is 1.17. The number of allylic oxidation sites excluding steroid dienone is 2. The number of piperazine rings is 1. The van der Waals surface area contributed by atoms with E-state index in [1.54, 1.807) is 6.33 Å². The topological polar surface area (TPSA) is 61.4 Å². The second-order valence-electron chi connectivity index (χ2n) is 9.49. The van der Waals surface area contributed by atoms with Crippen LogP contribution in [0.1, 0.15) is 28.1 Å². The molecule has 1 aliphatic heterocycles. The highest BCUT2D eigenvalue weighted by atomic mass is 32.1. The van der Waals surface area contributed by atoms with Gasteiger partial charge in [-0.3, -0.25) is 4.79 Å². The Morgan fingerprint density at radius 1 is 1.09 bits per heavy atom. The first-order valence-corrected chi connectivity index (χ1v) is 12.7. The number of aromatic nitrogens is 2. The fraction of sp³-hybridized carbons (Fsp3) is 0.423. The maximum absolute atomic E-state index is 13.4. The van der Waals surface area contributed by atoms with E-state index < -0.39 is 0 Å². The van der Waals surface area contributed by atoms with Gasteiger partial charge in [0.25, 0.3) is 5.91 Å². The lowest BCUT2D eigenvalue weighted by molar-refractivity contribution is 0.0751. The molecule has 1 saturated heterocycles. The first-order valence-electron chi connectivity index (χ1n) is 11.9. The number of thiophene rings is 1. The highest BCUT2D eigenvalue weighted by Crippen LogP contribution is 2.43. The van der Waals surface area contributed by atoms with Gasteiger partial charge in [0, 0.05) is 38.4 Å². The Morgan fingerprint density at radius 3 is 2.64 bits per heavy atom. The van der Waals surface area contributed by atoms with Crippen molar-refractivity contribution in [1.29, 1.82) is 0 Å². The van der Waals surface area contributed by atoms with Crippen LogP contribution >= 0.6 is 11.3 Å². The van der Waals surface area contributed by atoms with Crippen LogP contribution in [0.2, 0.25) is 0 Å². The highest BCUT2D eigenvalue weighted by Gasteiger charge is 2.35. The molecule has 170 valence electrons. The van der Waals surface area contributed by atoms with Crippen LogP contribution < -0.4 is 10.2 Å². The van der Waals surface area contributed by atoms with E-state index in [0.29, 0.717) is 11.8 Å². The van der Waals surface area contributed by atoms with Crippen molar-refractivity contribution >= 4 is 39.0 Å². The number of nitrogens with zero attached hydrogens (tertiary/aromatic N) is 4. The fourth-order valence-corrected chi connectivity index (χ4v) is 6.83. The number of nitrogens with one attached hydrogen (secondary N) is 1. The van der Waals surface area contributed by atoms with Crippen molar-refractivity contribution in [3.8, 4) is 0 Å². The molecule has 1 aromatic carbocycles. The number of aryl methyl sites for hydroxylation is 1. The summed E-state index contributed by atoms with van der Waals surface area (Å²) in [4.78, 5) is 28.5. The lowest BCUT2D eigenvalue weighted by Crippen LogP contribution is -2.48. The predicted octanol–water partition coefficient (Wildman–Crippen LogP) is 4.59. The van der Waals surface area contributed by atoms with Gasteiger partial charge < -0.3 is 15.1 Å². The lowest BCUT2D eigenvalue weighted by Gasteiger charge is -2.36. The minimum Gasteiger partial charge on any atom is -0.369 e. The molecule has 3 atom stereocenters. The number of hydrogen-bond donors (Lipinski definition) is 1. The van der Waals surface area contributed by atoms with E-state index in [0.717, 1.165) is 65.1 Å². The number of anilines is 2. The molecule has 7 heteroatoms. The van der Waals surface area contributed by atoms with Gasteiger partial charge in [-0.25, -0.2) is 9.97 Å². The molecule has 2 bridgehead atoms. The smallest absolute Gasteiger partial charge is 0.264 e. The normalized spacial score (nSPS) is 24.1. The van der Waals surface area contributed by atoms with Gasteiger partial charge in [-0.05, 0) is 55.2 Å². The molecule has 3 aromatic rings. The van der Waals surface area contributed by atoms with E-state index in [-0.39, 0.29) is 5.91 Å². The van der Waals surface area contributed by atoms with Crippen molar-refractivity contribution in [3.63, 3.8) is 0 Å². The maximum atomic E-state index is 13.4. The molecular weight excluding hydrogens is 430 g/mol. The SMILES string of the molecule is Cc1c(C(=O)N2CCN(c3ccccc3)CC2)sc2ncnc(NC[C@H]3C[C@@H]4C=C[C@H]3C4)c12. The summed E-state index contributed by atoms with van der Waals surface area (Å²) < 4.78 is 0. The summed E-state index contributed by atoms with van der Waals surface area (Å²) in [5.74, 6) is 3.13. The average molecular weight is 460 g/mol. The fourth-order valence-electron chi connectivity index (χ4n) is 5.72. The van der Waals surface area contributed by atoms with Gasteiger partial charge >= 0.3 is 0 Å². The predicted molar refractivity (Wildman–Crippen MR) is 134 cm³/mol. The number of rotatable bonds is 5. The molecule has 6 rings (SSSR count). The molecule has 2 aliphatic carbocycles. The van der Waals surface area contributed by atoms with Gasteiger partial charge in [0.2, 0.25) is 0 Å². The number of para-hydroxylation sites is 1.